The van der Waals surface area contributed by atoms with E-state index in [0.29, 0.717) is 10.6 Å². The number of carbonyl (C=O) groups is 1. The van der Waals surface area contributed by atoms with Crippen LogP contribution in [0.3, 0.4) is 0 Å². The molecule has 0 aliphatic rings. The summed E-state index contributed by atoms with van der Waals surface area (Å²) in [6.07, 6.45) is 0. The lowest BCUT2D eigenvalue weighted by atomic mass is 10.2. The molecule has 1 aromatic heterocycles. The first kappa shape index (κ1) is 20.4. The minimum Gasteiger partial charge on any atom is -0.342 e. The lowest BCUT2D eigenvalue weighted by molar-refractivity contribution is 0.0937. The van der Waals surface area contributed by atoms with E-state index >= 15 is 0 Å². The molecule has 2 aromatic carbocycles. The molecule has 0 aliphatic carbocycles. The number of halogens is 1. The van der Waals surface area contributed by atoms with Gasteiger partial charge in [-0.05, 0) is 38.5 Å². The first-order valence-corrected chi connectivity index (χ1v) is 10.5. The lowest BCUT2D eigenvalue weighted by Crippen LogP contribution is -2.29. The molecule has 0 spiro atoms. The van der Waals surface area contributed by atoms with Crippen LogP contribution in [0.5, 0.6) is 0 Å². The normalized spacial score (nSPS) is 12.0. The quantitative estimate of drug-likeness (QED) is 0.550. The van der Waals surface area contributed by atoms with Gasteiger partial charge >= 0.3 is 0 Å². The smallest absolute Gasteiger partial charge is 0.253 e. The van der Waals surface area contributed by atoms with Crippen LogP contribution in [0.25, 0.3) is 0 Å². The summed E-state index contributed by atoms with van der Waals surface area (Å²) in [5, 5.41) is 12.9. The summed E-state index contributed by atoms with van der Waals surface area (Å²) in [6, 6.07) is 15.2. The maximum Gasteiger partial charge on any atom is 0.253 e. The maximum atomic E-state index is 12.5. The monoisotopic (exact) mass is 414 g/mol. The van der Waals surface area contributed by atoms with Gasteiger partial charge in [-0.2, -0.15) is 0 Å². The molecule has 0 saturated heterocycles. The van der Waals surface area contributed by atoms with Crippen molar-refractivity contribution in [2.24, 2.45) is 0 Å². The molecule has 5 nitrogen and oxygen atoms in total. The van der Waals surface area contributed by atoms with Gasteiger partial charge in [0.2, 0.25) is 0 Å². The fourth-order valence-electron chi connectivity index (χ4n) is 2.84. The second kappa shape index (κ2) is 9.26. The van der Waals surface area contributed by atoms with Crippen LogP contribution in [0.1, 0.15) is 47.2 Å². The standard InChI is InChI=1S/C21H23ClN4OS/c1-4-26-19(15(3)23-20(27)17-7-5-6-8-18(17)22)24-25-21(26)28-13-16-11-9-14(2)10-12-16/h5-12,15H,4,13H2,1-3H3,(H,23,27)/t15-/m1/s1. The summed E-state index contributed by atoms with van der Waals surface area (Å²) >= 11 is 7.77. The van der Waals surface area contributed by atoms with E-state index in [1.165, 1.54) is 11.1 Å². The number of hydrogen-bond acceptors (Lipinski definition) is 4. The van der Waals surface area contributed by atoms with Gasteiger partial charge in [-0.3, -0.25) is 4.79 Å². The Morgan fingerprint density at radius 3 is 2.57 bits per heavy atom. The molecule has 3 aromatic rings. The summed E-state index contributed by atoms with van der Waals surface area (Å²) < 4.78 is 2.04. The highest BCUT2D eigenvalue weighted by Crippen LogP contribution is 2.24. The van der Waals surface area contributed by atoms with E-state index in [9.17, 15) is 4.79 Å². The summed E-state index contributed by atoms with van der Waals surface area (Å²) in [4.78, 5) is 12.5. The number of nitrogens with one attached hydrogen (secondary N) is 1. The van der Waals surface area contributed by atoms with E-state index < -0.39 is 0 Å². The number of rotatable bonds is 7. The number of thioether (sulfide) groups is 1. The summed E-state index contributed by atoms with van der Waals surface area (Å²) in [7, 11) is 0. The van der Waals surface area contributed by atoms with E-state index in [1.54, 1.807) is 36.0 Å². The molecule has 0 fully saturated rings. The first-order chi connectivity index (χ1) is 13.5. The summed E-state index contributed by atoms with van der Waals surface area (Å²) in [6.45, 7) is 6.75. The average Bonchev–Trinajstić information content (AvgIpc) is 3.11. The predicted molar refractivity (Wildman–Crippen MR) is 114 cm³/mol. The van der Waals surface area contributed by atoms with E-state index in [0.717, 1.165) is 23.3 Å². The van der Waals surface area contributed by atoms with E-state index in [1.807, 2.05) is 18.4 Å². The van der Waals surface area contributed by atoms with Crippen LogP contribution in [0.15, 0.2) is 53.7 Å². The van der Waals surface area contributed by atoms with E-state index in [2.05, 4.69) is 46.7 Å². The van der Waals surface area contributed by atoms with Crippen molar-refractivity contribution < 1.29 is 4.79 Å². The number of hydrogen-bond donors (Lipinski definition) is 1. The molecular formula is C21H23ClN4OS. The molecule has 7 heteroatoms. The topological polar surface area (TPSA) is 59.8 Å². The Kier molecular flexibility index (Phi) is 6.75. The molecular weight excluding hydrogens is 392 g/mol. The highest BCUT2D eigenvalue weighted by atomic mass is 35.5. The number of benzene rings is 2. The molecule has 146 valence electrons. The van der Waals surface area contributed by atoms with Crippen LogP contribution < -0.4 is 5.32 Å². The van der Waals surface area contributed by atoms with Crippen molar-refractivity contribution in [3.8, 4) is 0 Å². The zero-order chi connectivity index (χ0) is 20.1. The third-order valence-corrected chi connectivity index (χ3v) is 5.77. The van der Waals surface area contributed by atoms with Gasteiger partial charge in [0.1, 0.15) is 0 Å². The third kappa shape index (κ3) is 4.75. The Morgan fingerprint density at radius 2 is 1.89 bits per heavy atom. The molecule has 1 amide bonds. The summed E-state index contributed by atoms with van der Waals surface area (Å²) in [5.41, 5.74) is 2.94. The molecule has 3 rings (SSSR count). The molecule has 1 N–H and O–H groups in total. The van der Waals surface area contributed by atoms with Gasteiger partial charge in [0.25, 0.3) is 5.91 Å². The van der Waals surface area contributed by atoms with Gasteiger partial charge < -0.3 is 9.88 Å². The lowest BCUT2D eigenvalue weighted by Gasteiger charge is -2.15. The van der Waals surface area contributed by atoms with Gasteiger partial charge in [-0.1, -0.05) is 65.3 Å². The molecule has 1 heterocycles. The molecule has 0 saturated carbocycles. The molecule has 28 heavy (non-hydrogen) atoms. The van der Waals surface area contributed by atoms with Crippen molar-refractivity contribution in [2.45, 2.75) is 44.3 Å². The highest BCUT2D eigenvalue weighted by Gasteiger charge is 2.20. The SMILES string of the molecule is CCn1c(SCc2ccc(C)cc2)nnc1[C@@H](C)NC(=O)c1ccccc1Cl. The number of nitrogens with zero attached hydrogens (tertiary/aromatic N) is 3. The third-order valence-electron chi connectivity index (χ3n) is 4.40. The van der Waals surface area contributed by atoms with Gasteiger partial charge in [-0.15, -0.1) is 10.2 Å². The highest BCUT2D eigenvalue weighted by molar-refractivity contribution is 7.98. The van der Waals surface area contributed by atoms with Crippen LogP contribution >= 0.6 is 23.4 Å². The summed E-state index contributed by atoms with van der Waals surface area (Å²) in [5.74, 6) is 1.32. The van der Waals surface area contributed by atoms with Crippen molar-refractivity contribution in [1.29, 1.82) is 0 Å². The van der Waals surface area contributed by atoms with Crippen LogP contribution in [0, 0.1) is 6.92 Å². The van der Waals surface area contributed by atoms with Crippen molar-refractivity contribution in [1.82, 2.24) is 20.1 Å². The van der Waals surface area contributed by atoms with Crippen LogP contribution in [-0.2, 0) is 12.3 Å². The molecule has 0 aliphatic heterocycles. The largest absolute Gasteiger partial charge is 0.342 e. The Bertz CT molecular complexity index is 955. The van der Waals surface area contributed by atoms with Crippen molar-refractivity contribution in [2.75, 3.05) is 0 Å². The fourth-order valence-corrected chi connectivity index (χ4v) is 4.03. The number of carbonyl (C=O) groups excluding carboxylic acids is 1. The molecule has 1 atom stereocenters. The number of amides is 1. The minimum absolute atomic E-state index is 0.224. The van der Waals surface area contributed by atoms with Crippen LogP contribution in [-0.4, -0.2) is 20.7 Å². The van der Waals surface area contributed by atoms with Gasteiger partial charge in [0.15, 0.2) is 11.0 Å². The fraction of sp³-hybridized carbons (Fsp3) is 0.286. The molecule has 0 radical (unpaired) electrons. The molecule has 0 bridgehead atoms. The number of aromatic nitrogens is 3. The average molecular weight is 415 g/mol. The maximum absolute atomic E-state index is 12.5. The van der Waals surface area contributed by atoms with Crippen LogP contribution in [0.4, 0.5) is 0 Å². The second-order valence-electron chi connectivity index (χ2n) is 6.53. The van der Waals surface area contributed by atoms with Crippen molar-refractivity contribution in [3.63, 3.8) is 0 Å². The van der Waals surface area contributed by atoms with Gasteiger partial charge in [0, 0.05) is 12.3 Å². The van der Waals surface area contributed by atoms with Crippen molar-refractivity contribution >= 4 is 29.3 Å². The Labute approximate surface area is 174 Å². The second-order valence-corrected chi connectivity index (χ2v) is 7.88. The van der Waals surface area contributed by atoms with E-state index in [4.69, 9.17) is 11.6 Å². The van der Waals surface area contributed by atoms with Gasteiger partial charge in [-0.25, -0.2) is 0 Å². The number of aryl methyl sites for hydroxylation is 1. The van der Waals surface area contributed by atoms with Crippen LogP contribution in [0.2, 0.25) is 5.02 Å². The van der Waals surface area contributed by atoms with Gasteiger partial charge in [0.05, 0.1) is 16.6 Å². The predicted octanol–water partition coefficient (Wildman–Crippen LogP) is 5.04. The minimum atomic E-state index is -0.287. The Morgan fingerprint density at radius 1 is 1.18 bits per heavy atom. The van der Waals surface area contributed by atoms with Crippen molar-refractivity contribution in [3.05, 3.63) is 76.1 Å². The van der Waals surface area contributed by atoms with E-state index in [-0.39, 0.29) is 11.9 Å². The zero-order valence-electron chi connectivity index (χ0n) is 16.1. The Hall–Kier alpha value is -2.31. The zero-order valence-corrected chi connectivity index (χ0v) is 17.7. The molecule has 0 unspecified atom stereocenters. The Balaban J connectivity index is 1.70. The first-order valence-electron chi connectivity index (χ1n) is 9.16.